The van der Waals surface area contributed by atoms with Gasteiger partial charge in [-0.25, -0.2) is 0 Å². The van der Waals surface area contributed by atoms with Crippen molar-refractivity contribution in [3.8, 4) is 0 Å². The Bertz CT molecular complexity index is 662. The van der Waals surface area contributed by atoms with Gasteiger partial charge in [0.15, 0.2) is 5.82 Å². The minimum atomic E-state index is 0.0679. The summed E-state index contributed by atoms with van der Waals surface area (Å²) in [5, 5.41) is 6.85. The topological polar surface area (TPSA) is 71.3 Å². The van der Waals surface area contributed by atoms with E-state index in [9.17, 15) is 4.79 Å². The zero-order chi connectivity index (χ0) is 16.8. The molecule has 0 aliphatic carbocycles. The Morgan fingerprint density at radius 3 is 3.00 bits per heavy atom. The predicted octanol–water partition coefficient (Wildman–Crippen LogP) is 2.25. The van der Waals surface area contributed by atoms with Crippen molar-refractivity contribution in [3.05, 3.63) is 42.0 Å². The van der Waals surface area contributed by atoms with Crippen molar-refractivity contribution in [2.45, 2.75) is 19.1 Å². The van der Waals surface area contributed by atoms with Crippen LogP contribution in [0.4, 0.5) is 5.69 Å². The molecule has 1 amide bonds. The molecule has 1 atom stereocenters. The molecule has 1 unspecified atom stereocenters. The van der Waals surface area contributed by atoms with Gasteiger partial charge in [0.05, 0.1) is 11.5 Å². The summed E-state index contributed by atoms with van der Waals surface area (Å²) in [5.74, 6) is 2.79. The van der Waals surface area contributed by atoms with Gasteiger partial charge in [-0.1, -0.05) is 23.4 Å². The van der Waals surface area contributed by atoms with Crippen LogP contribution in [0.1, 0.15) is 18.1 Å². The van der Waals surface area contributed by atoms with Gasteiger partial charge in [-0.15, -0.1) is 11.8 Å². The first-order chi connectivity index (χ1) is 11.7. The van der Waals surface area contributed by atoms with E-state index in [4.69, 9.17) is 4.52 Å². The van der Waals surface area contributed by atoms with Crippen molar-refractivity contribution in [3.63, 3.8) is 0 Å². The number of nitrogens with one attached hydrogen (secondary N) is 1. The molecule has 6 nitrogen and oxygen atoms in total. The molecule has 2 aromatic rings. The first-order valence-corrected chi connectivity index (χ1v) is 9.30. The predicted molar refractivity (Wildman–Crippen MR) is 95.0 cm³/mol. The molecular formula is C17H22N4O2S. The first kappa shape index (κ1) is 16.8. The number of nitrogens with zero attached hydrogens (tertiary/aromatic N) is 3. The Balaban J connectivity index is 1.33. The summed E-state index contributed by atoms with van der Waals surface area (Å²) in [7, 11) is 0. The van der Waals surface area contributed by atoms with E-state index in [1.165, 1.54) is 17.4 Å². The SMILES string of the molecule is Cc1nc(CSCC(=O)NCC2CCN(c3ccccc3)C2)no1. The van der Waals surface area contributed by atoms with Gasteiger partial charge in [-0.2, -0.15) is 4.98 Å². The zero-order valence-corrected chi connectivity index (χ0v) is 14.6. The van der Waals surface area contributed by atoms with E-state index in [0.717, 1.165) is 26.1 Å². The summed E-state index contributed by atoms with van der Waals surface area (Å²) in [6.07, 6.45) is 1.12. The van der Waals surface area contributed by atoms with E-state index in [1.807, 2.05) is 6.07 Å². The van der Waals surface area contributed by atoms with E-state index >= 15 is 0 Å². The van der Waals surface area contributed by atoms with Gasteiger partial charge >= 0.3 is 0 Å². The molecule has 2 heterocycles. The monoisotopic (exact) mass is 346 g/mol. The molecular weight excluding hydrogens is 324 g/mol. The second-order valence-corrected chi connectivity index (χ2v) is 6.95. The third-order valence-electron chi connectivity index (χ3n) is 4.03. The summed E-state index contributed by atoms with van der Waals surface area (Å²) in [5.41, 5.74) is 1.26. The van der Waals surface area contributed by atoms with E-state index in [0.29, 0.717) is 29.1 Å². The van der Waals surface area contributed by atoms with Gasteiger partial charge in [0.1, 0.15) is 0 Å². The largest absolute Gasteiger partial charge is 0.371 e. The number of para-hydroxylation sites is 1. The van der Waals surface area contributed by atoms with Gasteiger partial charge < -0.3 is 14.7 Å². The van der Waals surface area contributed by atoms with Crippen LogP contribution in [0.3, 0.4) is 0 Å². The highest BCUT2D eigenvalue weighted by Crippen LogP contribution is 2.22. The lowest BCUT2D eigenvalue weighted by Gasteiger charge is -2.18. The molecule has 1 N–H and O–H groups in total. The molecule has 3 rings (SSSR count). The third-order valence-corrected chi connectivity index (χ3v) is 4.96. The zero-order valence-electron chi connectivity index (χ0n) is 13.8. The molecule has 1 fully saturated rings. The Labute approximate surface area is 146 Å². The first-order valence-electron chi connectivity index (χ1n) is 8.14. The summed E-state index contributed by atoms with van der Waals surface area (Å²) in [6, 6.07) is 10.4. The number of hydrogen-bond acceptors (Lipinski definition) is 6. The van der Waals surface area contributed by atoms with Crippen LogP contribution in [-0.4, -0.2) is 41.4 Å². The molecule has 1 aliphatic heterocycles. The minimum absolute atomic E-state index is 0.0679. The number of amides is 1. The van der Waals surface area contributed by atoms with E-state index in [2.05, 4.69) is 44.6 Å². The van der Waals surface area contributed by atoms with Crippen molar-refractivity contribution in [1.29, 1.82) is 0 Å². The van der Waals surface area contributed by atoms with Crippen molar-refractivity contribution in [2.24, 2.45) is 5.92 Å². The lowest BCUT2D eigenvalue weighted by atomic mass is 10.1. The average molecular weight is 346 g/mol. The Morgan fingerprint density at radius 1 is 1.42 bits per heavy atom. The van der Waals surface area contributed by atoms with Crippen LogP contribution in [-0.2, 0) is 10.5 Å². The summed E-state index contributed by atoms with van der Waals surface area (Å²) in [4.78, 5) is 18.4. The molecule has 1 aromatic heterocycles. The molecule has 1 aromatic carbocycles. The highest BCUT2D eigenvalue weighted by molar-refractivity contribution is 7.99. The lowest BCUT2D eigenvalue weighted by Crippen LogP contribution is -2.32. The maximum Gasteiger partial charge on any atom is 0.230 e. The minimum Gasteiger partial charge on any atom is -0.371 e. The van der Waals surface area contributed by atoms with Gasteiger partial charge in [-0.05, 0) is 24.5 Å². The number of carbonyl (C=O) groups excluding carboxylic acids is 1. The number of rotatable bonds is 7. The Kier molecular flexibility index (Phi) is 5.74. The van der Waals surface area contributed by atoms with Crippen LogP contribution < -0.4 is 10.2 Å². The van der Waals surface area contributed by atoms with Gasteiger partial charge in [0.25, 0.3) is 0 Å². The second kappa shape index (κ2) is 8.19. The number of carbonyl (C=O) groups is 1. The molecule has 0 bridgehead atoms. The quantitative estimate of drug-likeness (QED) is 0.829. The molecule has 0 saturated carbocycles. The van der Waals surface area contributed by atoms with E-state index in [-0.39, 0.29) is 5.91 Å². The fourth-order valence-electron chi connectivity index (χ4n) is 2.82. The Morgan fingerprint density at radius 2 is 2.25 bits per heavy atom. The number of anilines is 1. The van der Waals surface area contributed by atoms with Crippen molar-refractivity contribution >= 4 is 23.4 Å². The molecule has 128 valence electrons. The number of benzene rings is 1. The van der Waals surface area contributed by atoms with Crippen molar-refractivity contribution in [2.75, 3.05) is 30.3 Å². The fourth-order valence-corrected chi connectivity index (χ4v) is 3.51. The van der Waals surface area contributed by atoms with Crippen molar-refractivity contribution < 1.29 is 9.32 Å². The molecule has 7 heteroatoms. The van der Waals surface area contributed by atoms with Crippen LogP contribution in [0.2, 0.25) is 0 Å². The summed E-state index contributed by atoms with van der Waals surface area (Å²) < 4.78 is 4.90. The molecule has 1 saturated heterocycles. The highest BCUT2D eigenvalue weighted by Gasteiger charge is 2.22. The Hall–Kier alpha value is -2.02. The molecule has 0 spiro atoms. The number of aromatic nitrogens is 2. The highest BCUT2D eigenvalue weighted by atomic mass is 32.2. The summed E-state index contributed by atoms with van der Waals surface area (Å²) >= 11 is 1.50. The van der Waals surface area contributed by atoms with Crippen molar-refractivity contribution in [1.82, 2.24) is 15.5 Å². The molecule has 0 radical (unpaired) electrons. The lowest BCUT2D eigenvalue weighted by molar-refractivity contribution is -0.118. The average Bonchev–Trinajstić information content (AvgIpc) is 3.23. The van der Waals surface area contributed by atoms with Gasteiger partial charge in [0.2, 0.25) is 11.8 Å². The normalized spacial score (nSPS) is 17.2. The smallest absolute Gasteiger partial charge is 0.230 e. The van der Waals surface area contributed by atoms with E-state index < -0.39 is 0 Å². The maximum atomic E-state index is 11.9. The van der Waals surface area contributed by atoms with Gasteiger partial charge in [-0.3, -0.25) is 4.79 Å². The second-order valence-electron chi connectivity index (χ2n) is 5.96. The molecule has 1 aliphatic rings. The van der Waals surface area contributed by atoms with Gasteiger partial charge in [0, 0.05) is 32.2 Å². The van der Waals surface area contributed by atoms with Crippen LogP contribution >= 0.6 is 11.8 Å². The number of thioether (sulfide) groups is 1. The van der Waals surface area contributed by atoms with Crippen LogP contribution in [0, 0.1) is 12.8 Å². The van der Waals surface area contributed by atoms with Crippen LogP contribution in [0.15, 0.2) is 34.9 Å². The number of hydrogen-bond donors (Lipinski definition) is 1. The van der Waals surface area contributed by atoms with E-state index in [1.54, 1.807) is 6.92 Å². The third kappa shape index (κ3) is 4.74. The van der Waals surface area contributed by atoms with Crippen LogP contribution in [0.5, 0.6) is 0 Å². The number of aryl methyl sites for hydroxylation is 1. The molecule has 24 heavy (non-hydrogen) atoms. The maximum absolute atomic E-state index is 11.9. The summed E-state index contributed by atoms with van der Waals surface area (Å²) in [6.45, 7) is 4.55. The fraction of sp³-hybridized carbons (Fsp3) is 0.471. The standard InChI is InChI=1S/C17H22N4O2S/c1-13-19-16(20-23-13)11-24-12-17(22)18-9-14-7-8-21(10-14)15-5-3-2-4-6-15/h2-6,14H,7-12H2,1H3,(H,18,22). The van der Waals surface area contributed by atoms with Crippen LogP contribution in [0.25, 0.3) is 0 Å².